The van der Waals surface area contributed by atoms with Gasteiger partial charge in [0.25, 0.3) is 5.91 Å². The minimum atomic E-state index is -0.973. The summed E-state index contributed by atoms with van der Waals surface area (Å²) in [5.41, 5.74) is 2.04. The lowest BCUT2D eigenvalue weighted by Crippen LogP contribution is -2.30. The third-order valence-corrected chi connectivity index (χ3v) is 5.29. The van der Waals surface area contributed by atoms with Crippen LogP contribution in [-0.4, -0.2) is 29.6 Å². The molecule has 0 saturated carbocycles. The maximum Gasteiger partial charge on any atom is 0.351 e. The first-order valence-electron chi connectivity index (χ1n) is 9.26. The van der Waals surface area contributed by atoms with E-state index >= 15 is 0 Å². The summed E-state index contributed by atoms with van der Waals surface area (Å²) < 4.78 is 10.9. The Bertz CT molecular complexity index is 1000. The topological polar surface area (TPSA) is 77.5 Å². The van der Waals surface area contributed by atoms with Crippen LogP contribution in [0.15, 0.2) is 54.6 Å². The van der Waals surface area contributed by atoms with Crippen molar-refractivity contribution in [3.8, 4) is 16.3 Å². The van der Waals surface area contributed by atoms with E-state index in [2.05, 4.69) is 10.3 Å². The zero-order valence-electron chi connectivity index (χ0n) is 16.5. The largest absolute Gasteiger partial charge is 0.492 e. The number of ether oxygens (including phenoxy) is 2. The Labute approximate surface area is 173 Å². The standard InChI is InChI=1S/C22H22N2O4S/c1-4-27-18-13-9-8-12-17(18)24-20(25)15(3)28-22(26)19-14(2)23-21(29-19)16-10-6-5-7-11-16/h5-13,15H,4H2,1-3H3,(H,24,25)/t15-/m0/s1. The quantitative estimate of drug-likeness (QED) is 0.571. The molecule has 2 aromatic carbocycles. The number of anilines is 1. The minimum absolute atomic E-state index is 0.387. The van der Waals surface area contributed by atoms with Crippen molar-refractivity contribution in [2.75, 3.05) is 11.9 Å². The third-order valence-electron chi connectivity index (χ3n) is 4.10. The highest BCUT2D eigenvalue weighted by atomic mass is 32.1. The highest BCUT2D eigenvalue weighted by Gasteiger charge is 2.23. The van der Waals surface area contributed by atoms with E-state index in [0.717, 1.165) is 10.6 Å². The molecule has 0 fully saturated rings. The SMILES string of the molecule is CCOc1ccccc1NC(=O)[C@H](C)OC(=O)c1sc(-c2ccccc2)nc1C. The second-order valence-electron chi connectivity index (χ2n) is 6.27. The number of rotatable bonds is 7. The summed E-state index contributed by atoms with van der Waals surface area (Å²) >= 11 is 1.25. The fraction of sp³-hybridized carbons (Fsp3) is 0.227. The molecule has 6 nitrogen and oxygen atoms in total. The smallest absolute Gasteiger partial charge is 0.351 e. The molecule has 150 valence electrons. The predicted octanol–water partition coefficient (Wildman–Crippen LogP) is 4.70. The molecule has 0 aliphatic carbocycles. The van der Waals surface area contributed by atoms with Crippen molar-refractivity contribution in [2.24, 2.45) is 0 Å². The van der Waals surface area contributed by atoms with Gasteiger partial charge in [0.15, 0.2) is 6.10 Å². The first-order chi connectivity index (χ1) is 14.0. The molecule has 0 saturated heterocycles. The van der Waals surface area contributed by atoms with Crippen molar-refractivity contribution in [3.63, 3.8) is 0 Å². The molecule has 0 aliphatic heterocycles. The molecule has 3 aromatic rings. The Morgan fingerprint density at radius 2 is 1.79 bits per heavy atom. The van der Waals surface area contributed by atoms with Gasteiger partial charge in [-0.2, -0.15) is 0 Å². The zero-order valence-corrected chi connectivity index (χ0v) is 17.3. The van der Waals surface area contributed by atoms with E-state index in [0.29, 0.717) is 28.6 Å². The van der Waals surface area contributed by atoms with Gasteiger partial charge >= 0.3 is 5.97 Å². The second-order valence-corrected chi connectivity index (χ2v) is 7.26. The van der Waals surface area contributed by atoms with Crippen molar-refractivity contribution in [1.82, 2.24) is 4.98 Å². The molecular formula is C22H22N2O4S. The molecule has 0 unspecified atom stereocenters. The zero-order chi connectivity index (χ0) is 20.8. The Kier molecular flexibility index (Phi) is 6.61. The third kappa shape index (κ3) is 5.00. The molecule has 1 heterocycles. The predicted molar refractivity (Wildman–Crippen MR) is 113 cm³/mol. The Balaban J connectivity index is 1.68. The summed E-state index contributed by atoms with van der Waals surface area (Å²) in [6.45, 7) is 5.63. The summed E-state index contributed by atoms with van der Waals surface area (Å²) in [7, 11) is 0. The van der Waals surface area contributed by atoms with E-state index in [1.165, 1.54) is 18.3 Å². The van der Waals surface area contributed by atoms with Crippen LogP contribution in [0.5, 0.6) is 5.75 Å². The Hall–Kier alpha value is -3.19. The number of aromatic nitrogens is 1. The monoisotopic (exact) mass is 410 g/mol. The van der Waals surface area contributed by atoms with Gasteiger partial charge in [0.1, 0.15) is 15.6 Å². The Morgan fingerprint density at radius 1 is 1.10 bits per heavy atom. The number of esters is 1. The van der Waals surface area contributed by atoms with E-state index in [9.17, 15) is 9.59 Å². The number of thiazole rings is 1. The van der Waals surface area contributed by atoms with E-state index in [1.54, 1.807) is 25.1 Å². The van der Waals surface area contributed by atoms with Crippen LogP contribution in [0.3, 0.4) is 0 Å². The molecule has 0 radical (unpaired) electrons. The van der Waals surface area contributed by atoms with E-state index in [1.807, 2.05) is 43.3 Å². The number of nitrogens with zero attached hydrogens (tertiary/aromatic N) is 1. The average Bonchev–Trinajstić information content (AvgIpc) is 3.12. The number of para-hydroxylation sites is 2. The first-order valence-corrected chi connectivity index (χ1v) is 10.1. The molecule has 1 aromatic heterocycles. The number of aryl methyl sites for hydroxylation is 1. The number of benzene rings is 2. The maximum absolute atomic E-state index is 12.6. The average molecular weight is 410 g/mol. The van der Waals surface area contributed by atoms with E-state index < -0.39 is 18.0 Å². The van der Waals surface area contributed by atoms with Crippen LogP contribution < -0.4 is 10.1 Å². The number of nitrogens with one attached hydrogen (secondary N) is 1. The number of carbonyl (C=O) groups excluding carboxylic acids is 2. The Morgan fingerprint density at radius 3 is 2.52 bits per heavy atom. The van der Waals surface area contributed by atoms with Crippen LogP contribution in [-0.2, 0) is 9.53 Å². The van der Waals surface area contributed by atoms with Gasteiger partial charge in [0.05, 0.1) is 18.0 Å². The molecule has 3 rings (SSSR count). The van der Waals surface area contributed by atoms with Crippen LogP contribution in [0.2, 0.25) is 0 Å². The molecule has 7 heteroatoms. The van der Waals surface area contributed by atoms with Gasteiger partial charge in [-0.3, -0.25) is 4.79 Å². The molecule has 1 N–H and O–H groups in total. The van der Waals surface area contributed by atoms with E-state index in [-0.39, 0.29) is 0 Å². The molecular weight excluding hydrogens is 388 g/mol. The van der Waals surface area contributed by atoms with Crippen molar-refractivity contribution >= 4 is 28.9 Å². The van der Waals surface area contributed by atoms with Crippen molar-refractivity contribution in [2.45, 2.75) is 26.9 Å². The van der Waals surface area contributed by atoms with Gasteiger partial charge < -0.3 is 14.8 Å². The molecule has 0 bridgehead atoms. The molecule has 0 aliphatic rings. The first kappa shape index (κ1) is 20.5. The highest BCUT2D eigenvalue weighted by molar-refractivity contribution is 7.17. The van der Waals surface area contributed by atoms with Crippen LogP contribution in [0.1, 0.15) is 29.2 Å². The van der Waals surface area contributed by atoms with Crippen LogP contribution in [0.25, 0.3) is 10.6 Å². The molecule has 1 atom stereocenters. The lowest BCUT2D eigenvalue weighted by molar-refractivity contribution is -0.123. The second kappa shape index (κ2) is 9.34. The number of hydrogen-bond acceptors (Lipinski definition) is 6. The normalized spacial score (nSPS) is 11.6. The van der Waals surface area contributed by atoms with Gasteiger partial charge in [-0.1, -0.05) is 42.5 Å². The van der Waals surface area contributed by atoms with Crippen molar-refractivity contribution in [3.05, 3.63) is 65.2 Å². The summed E-state index contributed by atoms with van der Waals surface area (Å²) in [5, 5.41) is 3.48. The van der Waals surface area contributed by atoms with Gasteiger partial charge in [-0.05, 0) is 32.9 Å². The van der Waals surface area contributed by atoms with Crippen LogP contribution in [0, 0.1) is 6.92 Å². The number of amides is 1. The number of carbonyl (C=O) groups is 2. The van der Waals surface area contributed by atoms with Gasteiger partial charge in [-0.25, -0.2) is 9.78 Å². The van der Waals surface area contributed by atoms with E-state index in [4.69, 9.17) is 9.47 Å². The molecule has 29 heavy (non-hydrogen) atoms. The number of hydrogen-bond donors (Lipinski definition) is 1. The fourth-order valence-corrected chi connectivity index (χ4v) is 3.60. The summed E-state index contributed by atoms with van der Waals surface area (Å²) in [6, 6.07) is 16.7. The lowest BCUT2D eigenvalue weighted by atomic mass is 10.2. The van der Waals surface area contributed by atoms with Gasteiger partial charge in [-0.15, -0.1) is 11.3 Å². The lowest BCUT2D eigenvalue weighted by Gasteiger charge is -2.15. The fourth-order valence-electron chi connectivity index (χ4n) is 2.64. The minimum Gasteiger partial charge on any atom is -0.492 e. The molecule has 1 amide bonds. The highest BCUT2D eigenvalue weighted by Crippen LogP contribution is 2.29. The van der Waals surface area contributed by atoms with Crippen molar-refractivity contribution < 1.29 is 19.1 Å². The van der Waals surface area contributed by atoms with Gasteiger partial charge in [0.2, 0.25) is 0 Å². The maximum atomic E-state index is 12.6. The summed E-state index contributed by atoms with van der Waals surface area (Å²) in [5.74, 6) is -0.438. The van der Waals surface area contributed by atoms with Gasteiger partial charge in [0, 0.05) is 5.56 Å². The molecule has 0 spiro atoms. The van der Waals surface area contributed by atoms with Crippen molar-refractivity contribution in [1.29, 1.82) is 0 Å². The summed E-state index contributed by atoms with van der Waals surface area (Å²) in [6.07, 6.45) is -0.973. The van der Waals surface area contributed by atoms with Crippen LogP contribution >= 0.6 is 11.3 Å². The summed E-state index contributed by atoms with van der Waals surface area (Å²) in [4.78, 5) is 29.9. The van der Waals surface area contributed by atoms with Crippen LogP contribution in [0.4, 0.5) is 5.69 Å².